The average Bonchev–Trinajstić information content (AvgIpc) is 2.56. The van der Waals surface area contributed by atoms with Crippen LogP contribution in [-0.2, 0) is 4.79 Å². The van der Waals surface area contributed by atoms with Gasteiger partial charge in [0.25, 0.3) is 11.8 Å². The second-order valence-corrected chi connectivity index (χ2v) is 5.70. The van der Waals surface area contributed by atoms with Crippen molar-refractivity contribution in [2.24, 2.45) is 0 Å². The number of amides is 2. The average molecular weight is 347 g/mol. The van der Waals surface area contributed by atoms with Crippen molar-refractivity contribution >= 4 is 34.8 Å². The predicted molar refractivity (Wildman–Crippen MR) is 91.1 cm³/mol. The molecule has 0 aliphatic carbocycles. The molecular weight excluding hydrogens is 332 g/mol. The molecular formula is C17H15ClN2O4. The highest BCUT2D eigenvalue weighted by Crippen LogP contribution is 2.32. The highest BCUT2D eigenvalue weighted by atomic mass is 35.5. The summed E-state index contributed by atoms with van der Waals surface area (Å²) in [6, 6.07) is 9.81. The van der Waals surface area contributed by atoms with Gasteiger partial charge in [-0.25, -0.2) is 0 Å². The van der Waals surface area contributed by atoms with E-state index in [-0.39, 0.29) is 11.8 Å². The summed E-state index contributed by atoms with van der Waals surface area (Å²) in [5.74, 6) is 0.369. The van der Waals surface area contributed by atoms with Crippen LogP contribution in [0.2, 0.25) is 5.02 Å². The van der Waals surface area contributed by atoms with Gasteiger partial charge in [0.1, 0.15) is 11.5 Å². The number of fused-ring (bicyclic) bond motifs is 1. The van der Waals surface area contributed by atoms with Gasteiger partial charge >= 0.3 is 0 Å². The number of ether oxygens (including phenoxy) is 2. The Morgan fingerprint density at radius 2 is 2.08 bits per heavy atom. The van der Waals surface area contributed by atoms with Crippen LogP contribution in [0.5, 0.6) is 11.5 Å². The number of carbonyl (C=O) groups is 2. The summed E-state index contributed by atoms with van der Waals surface area (Å²) < 4.78 is 10.7. The summed E-state index contributed by atoms with van der Waals surface area (Å²) in [6.45, 7) is 1.67. The van der Waals surface area contributed by atoms with Crippen molar-refractivity contribution in [3.05, 3.63) is 47.0 Å². The maximum Gasteiger partial charge on any atom is 0.265 e. The molecule has 2 aromatic carbocycles. The molecule has 3 rings (SSSR count). The first-order chi connectivity index (χ1) is 11.5. The molecule has 6 nitrogen and oxygen atoms in total. The Kier molecular flexibility index (Phi) is 4.31. The SMILES string of the molecule is COc1ccc(Cl)cc1C(=O)Nc1ccc2c(c1)NC(=O)[C@H](C)O2. The first-order valence-electron chi connectivity index (χ1n) is 7.24. The zero-order valence-corrected chi connectivity index (χ0v) is 13.8. The van der Waals surface area contributed by atoms with E-state index in [0.717, 1.165) is 0 Å². The minimum atomic E-state index is -0.548. The Labute approximate surface area is 143 Å². The summed E-state index contributed by atoms with van der Waals surface area (Å²) in [5.41, 5.74) is 1.34. The van der Waals surface area contributed by atoms with E-state index >= 15 is 0 Å². The standard InChI is InChI=1S/C17H15ClN2O4/c1-9-16(21)20-13-8-11(4-6-15(13)24-9)19-17(22)12-7-10(18)3-5-14(12)23-2/h3-9H,1-2H3,(H,19,22)(H,20,21)/t9-/m0/s1. The summed E-state index contributed by atoms with van der Waals surface area (Å²) in [5, 5.41) is 5.92. The number of nitrogens with one attached hydrogen (secondary N) is 2. The minimum Gasteiger partial charge on any atom is -0.496 e. The molecule has 124 valence electrons. The van der Waals surface area contributed by atoms with Gasteiger partial charge in [-0.2, -0.15) is 0 Å². The number of hydrogen-bond donors (Lipinski definition) is 2. The first-order valence-corrected chi connectivity index (χ1v) is 7.62. The van der Waals surface area contributed by atoms with E-state index in [0.29, 0.717) is 33.5 Å². The summed E-state index contributed by atoms with van der Waals surface area (Å²) in [4.78, 5) is 24.1. The first kappa shape index (κ1) is 16.1. The molecule has 1 heterocycles. The quantitative estimate of drug-likeness (QED) is 0.893. The second kappa shape index (κ2) is 6.41. The van der Waals surface area contributed by atoms with Gasteiger partial charge in [-0.05, 0) is 43.3 Å². The molecule has 2 N–H and O–H groups in total. The molecule has 0 saturated heterocycles. The van der Waals surface area contributed by atoms with Gasteiger partial charge in [0.05, 0.1) is 18.4 Å². The van der Waals surface area contributed by atoms with Crippen LogP contribution in [0.25, 0.3) is 0 Å². The zero-order valence-electron chi connectivity index (χ0n) is 13.1. The molecule has 0 unspecified atom stereocenters. The molecule has 0 radical (unpaired) electrons. The molecule has 24 heavy (non-hydrogen) atoms. The third-order valence-corrected chi connectivity index (χ3v) is 3.81. The Morgan fingerprint density at radius 3 is 2.83 bits per heavy atom. The number of rotatable bonds is 3. The van der Waals surface area contributed by atoms with Gasteiger partial charge in [0.2, 0.25) is 0 Å². The molecule has 0 saturated carbocycles. The van der Waals surface area contributed by atoms with Crippen molar-refractivity contribution in [2.75, 3.05) is 17.7 Å². The van der Waals surface area contributed by atoms with E-state index in [1.54, 1.807) is 37.3 Å². The van der Waals surface area contributed by atoms with Crippen LogP contribution >= 0.6 is 11.6 Å². The van der Waals surface area contributed by atoms with Gasteiger partial charge < -0.3 is 20.1 Å². The number of benzene rings is 2. The number of halogens is 1. The smallest absolute Gasteiger partial charge is 0.265 e. The van der Waals surface area contributed by atoms with Crippen molar-refractivity contribution in [3.63, 3.8) is 0 Å². The lowest BCUT2D eigenvalue weighted by atomic mass is 10.1. The second-order valence-electron chi connectivity index (χ2n) is 5.26. The molecule has 2 aromatic rings. The van der Waals surface area contributed by atoms with Crippen LogP contribution in [0.3, 0.4) is 0 Å². The van der Waals surface area contributed by atoms with Gasteiger partial charge in [-0.1, -0.05) is 11.6 Å². The fourth-order valence-corrected chi connectivity index (χ4v) is 2.51. The van der Waals surface area contributed by atoms with Crippen LogP contribution in [0, 0.1) is 0 Å². The molecule has 0 bridgehead atoms. The Balaban J connectivity index is 1.84. The molecule has 2 amide bonds. The van der Waals surface area contributed by atoms with E-state index in [1.165, 1.54) is 13.2 Å². The topological polar surface area (TPSA) is 76.7 Å². The normalized spacial score (nSPS) is 15.8. The number of hydrogen-bond acceptors (Lipinski definition) is 4. The maximum atomic E-state index is 12.5. The van der Waals surface area contributed by atoms with Crippen molar-refractivity contribution in [2.45, 2.75) is 13.0 Å². The van der Waals surface area contributed by atoms with Crippen molar-refractivity contribution in [1.29, 1.82) is 0 Å². The Bertz CT molecular complexity index is 822. The van der Waals surface area contributed by atoms with Crippen LogP contribution in [0.4, 0.5) is 11.4 Å². The highest BCUT2D eigenvalue weighted by molar-refractivity contribution is 6.31. The lowest BCUT2D eigenvalue weighted by molar-refractivity contribution is -0.122. The highest BCUT2D eigenvalue weighted by Gasteiger charge is 2.24. The van der Waals surface area contributed by atoms with Crippen molar-refractivity contribution < 1.29 is 19.1 Å². The molecule has 1 aliphatic heterocycles. The lowest BCUT2D eigenvalue weighted by Gasteiger charge is -2.23. The number of methoxy groups -OCH3 is 1. The van der Waals surface area contributed by atoms with Crippen LogP contribution < -0.4 is 20.1 Å². The fraction of sp³-hybridized carbons (Fsp3) is 0.176. The molecule has 7 heteroatoms. The van der Waals surface area contributed by atoms with Crippen LogP contribution in [-0.4, -0.2) is 25.0 Å². The molecule has 1 atom stereocenters. The fourth-order valence-electron chi connectivity index (χ4n) is 2.34. The van der Waals surface area contributed by atoms with Crippen molar-refractivity contribution in [1.82, 2.24) is 0 Å². The molecule has 0 spiro atoms. The molecule has 0 aromatic heterocycles. The van der Waals surface area contributed by atoms with E-state index in [9.17, 15) is 9.59 Å². The zero-order chi connectivity index (χ0) is 17.3. The van der Waals surface area contributed by atoms with E-state index in [2.05, 4.69) is 10.6 Å². The summed E-state index contributed by atoms with van der Waals surface area (Å²) in [6.07, 6.45) is -0.548. The van der Waals surface area contributed by atoms with Crippen molar-refractivity contribution in [3.8, 4) is 11.5 Å². The molecule has 1 aliphatic rings. The van der Waals surface area contributed by atoms with Crippen LogP contribution in [0.1, 0.15) is 17.3 Å². The molecule has 0 fully saturated rings. The van der Waals surface area contributed by atoms with Gasteiger partial charge in [-0.3, -0.25) is 9.59 Å². The summed E-state index contributed by atoms with van der Waals surface area (Å²) >= 11 is 5.95. The van der Waals surface area contributed by atoms with Gasteiger partial charge in [-0.15, -0.1) is 0 Å². The number of carbonyl (C=O) groups excluding carboxylic acids is 2. The minimum absolute atomic E-state index is 0.234. The third kappa shape index (κ3) is 3.14. The Hall–Kier alpha value is -2.73. The Morgan fingerprint density at radius 1 is 1.29 bits per heavy atom. The summed E-state index contributed by atoms with van der Waals surface area (Å²) in [7, 11) is 1.48. The monoisotopic (exact) mass is 346 g/mol. The number of anilines is 2. The third-order valence-electron chi connectivity index (χ3n) is 3.57. The van der Waals surface area contributed by atoms with Gasteiger partial charge in [0.15, 0.2) is 6.10 Å². The lowest BCUT2D eigenvalue weighted by Crippen LogP contribution is -2.34. The van der Waals surface area contributed by atoms with E-state index in [4.69, 9.17) is 21.1 Å². The van der Waals surface area contributed by atoms with E-state index in [1.807, 2.05) is 0 Å². The van der Waals surface area contributed by atoms with Crippen LogP contribution in [0.15, 0.2) is 36.4 Å². The van der Waals surface area contributed by atoms with E-state index < -0.39 is 6.10 Å². The maximum absolute atomic E-state index is 12.5. The largest absolute Gasteiger partial charge is 0.496 e. The predicted octanol–water partition coefficient (Wildman–Crippen LogP) is 3.32. The van der Waals surface area contributed by atoms with Gasteiger partial charge in [0, 0.05) is 10.7 Å².